The maximum atomic E-state index is 3.51. The molecule has 0 radical (unpaired) electrons. The third-order valence-electron chi connectivity index (χ3n) is 7.16. The predicted octanol–water partition coefficient (Wildman–Crippen LogP) is 6.96. The first-order valence-electron chi connectivity index (χ1n) is 9.08. The van der Waals surface area contributed by atoms with Crippen LogP contribution in [0.4, 0.5) is 0 Å². The molecule has 20 heavy (non-hydrogen) atoms. The van der Waals surface area contributed by atoms with Gasteiger partial charge in [0.25, 0.3) is 0 Å². The van der Waals surface area contributed by atoms with Gasteiger partial charge in [-0.1, -0.05) is 75.2 Å². The van der Waals surface area contributed by atoms with Crippen LogP contribution in [0.2, 0.25) is 0 Å². The number of hydrogen-bond donors (Lipinski definition) is 0. The van der Waals surface area contributed by atoms with Crippen molar-refractivity contribution in [2.45, 2.75) is 91.4 Å². The second kappa shape index (κ2) is 7.16. The van der Waals surface area contributed by atoms with E-state index in [4.69, 9.17) is 0 Å². The first-order valence-corrected chi connectivity index (χ1v) is 10.2. The van der Waals surface area contributed by atoms with Crippen LogP contribution >= 0.6 is 15.9 Å². The van der Waals surface area contributed by atoms with E-state index in [-0.39, 0.29) is 0 Å². The highest BCUT2D eigenvalue weighted by Gasteiger charge is 2.60. The molecule has 2 saturated carbocycles. The average molecular weight is 343 g/mol. The van der Waals surface area contributed by atoms with Gasteiger partial charge in [0.05, 0.1) is 0 Å². The van der Waals surface area contributed by atoms with Crippen molar-refractivity contribution in [3.05, 3.63) is 0 Å². The summed E-state index contributed by atoms with van der Waals surface area (Å²) in [5.74, 6) is 2.06. The molecule has 0 aromatic heterocycles. The van der Waals surface area contributed by atoms with Crippen LogP contribution in [0.25, 0.3) is 0 Å². The zero-order valence-corrected chi connectivity index (χ0v) is 15.6. The molecule has 2 aliphatic rings. The van der Waals surface area contributed by atoms with Gasteiger partial charge < -0.3 is 0 Å². The monoisotopic (exact) mass is 342 g/mol. The SMILES string of the molecule is CC1(C)C2CCC1(C)C(CCCCCCCCCBr)C2. The molecule has 3 unspecified atom stereocenters. The van der Waals surface area contributed by atoms with Crippen molar-refractivity contribution in [1.82, 2.24) is 0 Å². The molecule has 0 aliphatic heterocycles. The summed E-state index contributed by atoms with van der Waals surface area (Å²) < 4.78 is 0. The lowest BCUT2D eigenvalue weighted by Gasteiger charge is -2.39. The molecule has 0 nitrogen and oxygen atoms in total. The molecule has 0 aromatic rings. The Kier molecular flexibility index (Phi) is 6.03. The first kappa shape index (κ1) is 16.8. The molecule has 2 rings (SSSR count). The smallest absolute Gasteiger partial charge is 0.00313 e. The van der Waals surface area contributed by atoms with E-state index in [0.717, 1.165) is 11.8 Å². The van der Waals surface area contributed by atoms with E-state index in [1.54, 1.807) is 0 Å². The van der Waals surface area contributed by atoms with Crippen molar-refractivity contribution in [1.29, 1.82) is 0 Å². The molecule has 2 bridgehead atoms. The minimum atomic E-state index is 0.618. The van der Waals surface area contributed by atoms with Crippen LogP contribution in [0, 0.1) is 22.7 Å². The predicted molar refractivity (Wildman–Crippen MR) is 93.4 cm³/mol. The van der Waals surface area contributed by atoms with Crippen molar-refractivity contribution in [2.75, 3.05) is 5.33 Å². The van der Waals surface area contributed by atoms with Gasteiger partial charge in [-0.2, -0.15) is 0 Å². The topological polar surface area (TPSA) is 0 Å². The Balaban J connectivity index is 1.59. The zero-order chi connectivity index (χ0) is 14.6. The third-order valence-corrected chi connectivity index (χ3v) is 7.72. The van der Waals surface area contributed by atoms with Crippen molar-refractivity contribution in [2.24, 2.45) is 22.7 Å². The number of fused-ring (bicyclic) bond motifs is 2. The zero-order valence-electron chi connectivity index (χ0n) is 14.0. The molecule has 0 N–H and O–H groups in total. The van der Waals surface area contributed by atoms with Gasteiger partial charge in [-0.05, 0) is 54.8 Å². The summed E-state index contributed by atoms with van der Waals surface area (Å²) >= 11 is 3.51. The Hall–Kier alpha value is 0.480. The van der Waals surface area contributed by atoms with E-state index in [0.29, 0.717) is 10.8 Å². The quantitative estimate of drug-likeness (QED) is 0.313. The van der Waals surface area contributed by atoms with Gasteiger partial charge in [-0.25, -0.2) is 0 Å². The second-order valence-electron chi connectivity index (χ2n) is 8.26. The fraction of sp³-hybridized carbons (Fsp3) is 1.00. The van der Waals surface area contributed by atoms with Crippen LogP contribution in [0.1, 0.15) is 91.4 Å². The van der Waals surface area contributed by atoms with Crippen molar-refractivity contribution < 1.29 is 0 Å². The minimum Gasteiger partial charge on any atom is -0.0928 e. The molecular weight excluding hydrogens is 308 g/mol. The molecule has 118 valence electrons. The van der Waals surface area contributed by atoms with Gasteiger partial charge in [-0.3, -0.25) is 0 Å². The largest absolute Gasteiger partial charge is 0.0928 e. The second-order valence-corrected chi connectivity index (χ2v) is 9.05. The summed E-state index contributed by atoms with van der Waals surface area (Å²) in [4.78, 5) is 0. The van der Waals surface area contributed by atoms with Gasteiger partial charge in [0, 0.05) is 5.33 Å². The van der Waals surface area contributed by atoms with E-state index in [1.807, 2.05) is 0 Å². The van der Waals surface area contributed by atoms with E-state index < -0.39 is 0 Å². The summed E-state index contributed by atoms with van der Waals surface area (Å²) in [5, 5.41) is 1.18. The van der Waals surface area contributed by atoms with Crippen LogP contribution < -0.4 is 0 Å². The van der Waals surface area contributed by atoms with E-state index >= 15 is 0 Å². The number of unbranched alkanes of at least 4 members (excludes halogenated alkanes) is 6. The van der Waals surface area contributed by atoms with Gasteiger partial charge >= 0.3 is 0 Å². The highest BCUT2D eigenvalue weighted by molar-refractivity contribution is 9.09. The van der Waals surface area contributed by atoms with Crippen LogP contribution in [0.5, 0.6) is 0 Å². The molecule has 0 spiro atoms. The van der Waals surface area contributed by atoms with Crippen molar-refractivity contribution in [3.8, 4) is 0 Å². The summed E-state index contributed by atoms with van der Waals surface area (Å²) in [7, 11) is 0. The fourth-order valence-corrected chi connectivity index (χ4v) is 5.57. The first-order chi connectivity index (χ1) is 9.52. The Bertz CT molecular complexity index is 296. The lowest BCUT2D eigenvalue weighted by Crippen LogP contribution is -2.32. The van der Waals surface area contributed by atoms with E-state index in [9.17, 15) is 0 Å². The van der Waals surface area contributed by atoms with Crippen LogP contribution in [0.15, 0.2) is 0 Å². The van der Waals surface area contributed by atoms with Crippen molar-refractivity contribution >= 4 is 15.9 Å². The average Bonchev–Trinajstić information content (AvgIpc) is 2.75. The lowest BCUT2D eigenvalue weighted by atomic mass is 9.65. The summed E-state index contributed by atoms with van der Waals surface area (Å²) in [6.07, 6.45) is 16.2. The van der Waals surface area contributed by atoms with E-state index in [2.05, 4.69) is 36.7 Å². The normalized spacial score (nSPS) is 34.8. The molecule has 0 aromatic carbocycles. The molecule has 0 amide bonds. The standard InChI is InChI=1S/C19H35Br/c1-18(2)16-12-13-19(18,3)17(15-16)11-9-7-5-4-6-8-10-14-20/h16-17H,4-15H2,1-3H3. The maximum absolute atomic E-state index is 3.51. The lowest BCUT2D eigenvalue weighted by molar-refractivity contribution is 0.0961. The molecule has 2 aliphatic carbocycles. The Morgan fingerprint density at radius 3 is 2.00 bits per heavy atom. The molecule has 0 heterocycles. The van der Waals surface area contributed by atoms with E-state index in [1.165, 1.54) is 76.0 Å². The maximum Gasteiger partial charge on any atom is 0.00313 e. The highest BCUT2D eigenvalue weighted by Crippen LogP contribution is 2.68. The number of halogens is 1. The Morgan fingerprint density at radius 1 is 0.900 bits per heavy atom. The molecule has 2 fully saturated rings. The number of hydrogen-bond acceptors (Lipinski definition) is 0. The highest BCUT2D eigenvalue weighted by atomic mass is 79.9. The van der Waals surface area contributed by atoms with Gasteiger partial charge in [-0.15, -0.1) is 0 Å². The molecular formula is C19H35Br. The summed E-state index contributed by atoms with van der Waals surface area (Å²) in [6.45, 7) is 7.70. The number of alkyl halides is 1. The van der Waals surface area contributed by atoms with Gasteiger partial charge in [0.15, 0.2) is 0 Å². The minimum absolute atomic E-state index is 0.618. The Morgan fingerprint density at radius 2 is 1.50 bits per heavy atom. The third kappa shape index (κ3) is 3.28. The number of rotatable bonds is 9. The molecule has 1 heteroatoms. The van der Waals surface area contributed by atoms with Gasteiger partial charge in [0.2, 0.25) is 0 Å². The fourth-order valence-electron chi connectivity index (χ4n) is 5.18. The van der Waals surface area contributed by atoms with Crippen LogP contribution in [0.3, 0.4) is 0 Å². The molecule has 3 atom stereocenters. The Labute approximate surface area is 135 Å². The molecule has 0 saturated heterocycles. The van der Waals surface area contributed by atoms with Gasteiger partial charge in [0.1, 0.15) is 0 Å². The summed E-state index contributed by atoms with van der Waals surface area (Å²) in [6, 6.07) is 0. The summed E-state index contributed by atoms with van der Waals surface area (Å²) in [5.41, 5.74) is 1.28. The van der Waals surface area contributed by atoms with Crippen molar-refractivity contribution in [3.63, 3.8) is 0 Å². The van der Waals surface area contributed by atoms with Crippen LogP contribution in [-0.2, 0) is 0 Å². The van der Waals surface area contributed by atoms with Crippen LogP contribution in [-0.4, -0.2) is 5.33 Å².